The minimum Gasteiger partial charge on any atom is -0.389 e. The average Bonchev–Trinajstić information content (AvgIpc) is 2.32. The van der Waals surface area contributed by atoms with E-state index < -0.39 is 24.4 Å². The molecule has 0 saturated heterocycles. The molecule has 0 aliphatic rings. The molecule has 0 aromatic heterocycles. The second-order valence-electron chi connectivity index (χ2n) is 3.90. The van der Waals surface area contributed by atoms with Crippen LogP contribution in [0.3, 0.4) is 0 Å². The summed E-state index contributed by atoms with van der Waals surface area (Å²) in [5, 5.41) is 37.5. The van der Waals surface area contributed by atoms with Crippen molar-refractivity contribution >= 4 is 0 Å². The van der Waals surface area contributed by atoms with Crippen molar-refractivity contribution in [1.82, 2.24) is 0 Å². The lowest BCUT2D eigenvalue weighted by Crippen LogP contribution is -2.48. The Morgan fingerprint density at radius 1 is 1.06 bits per heavy atom. The van der Waals surface area contributed by atoms with Crippen LogP contribution in [-0.2, 0) is 4.74 Å². The van der Waals surface area contributed by atoms with Gasteiger partial charge < -0.3 is 30.9 Å². The van der Waals surface area contributed by atoms with Gasteiger partial charge in [-0.1, -0.05) is 6.92 Å². The largest absolute Gasteiger partial charge is 0.389 e. The maximum atomic E-state index is 9.49. The SMILES string of the molecule is CCC(C)OCC(O)C(O)C(O)C(O)CN. The quantitative estimate of drug-likeness (QED) is 0.340. The Kier molecular flexibility index (Phi) is 7.82. The summed E-state index contributed by atoms with van der Waals surface area (Å²) in [5.41, 5.74) is 5.12. The summed E-state index contributed by atoms with van der Waals surface area (Å²) in [4.78, 5) is 0. The van der Waals surface area contributed by atoms with E-state index in [0.717, 1.165) is 6.42 Å². The molecule has 6 nitrogen and oxygen atoms in total. The smallest absolute Gasteiger partial charge is 0.111 e. The molecule has 5 unspecified atom stereocenters. The Morgan fingerprint density at radius 3 is 2.00 bits per heavy atom. The second kappa shape index (κ2) is 7.94. The molecule has 0 amide bonds. The van der Waals surface area contributed by atoms with E-state index in [2.05, 4.69) is 0 Å². The lowest BCUT2D eigenvalue weighted by molar-refractivity contribution is -0.125. The summed E-state index contributed by atoms with van der Waals surface area (Å²) in [7, 11) is 0. The van der Waals surface area contributed by atoms with E-state index in [4.69, 9.17) is 10.5 Å². The first-order valence-electron chi connectivity index (χ1n) is 5.47. The molecule has 0 aromatic carbocycles. The van der Waals surface area contributed by atoms with Gasteiger partial charge in [0, 0.05) is 6.54 Å². The maximum Gasteiger partial charge on any atom is 0.111 e. The number of rotatable bonds is 8. The summed E-state index contributed by atoms with van der Waals surface area (Å²) < 4.78 is 5.20. The zero-order chi connectivity index (χ0) is 12.7. The molecule has 0 saturated carbocycles. The number of aliphatic hydroxyl groups is 4. The first kappa shape index (κ1) is 15.8. The molecular formula is C10H23NO5. The number of nitrogens with two attached hydrogens (primary N) is 1. The summed E-state index contributed by atoms with van der Waals surface area (Å²) in [6, 6.07) is 0. The zero-order valence-corrected chi connectivity index (χ0v) is 9.78. The summed E-state index contributed by atoms with van der Waals surface area (Å²) in [6.45, 7) is 3.49. The lowest BCUT2D eigenvalue weighted by atomic mass is 10.0. The van der Waals surface area contributed by atoms with Crippen LogP contribution in [0.25, 0.3) is 0 Å². The Bertz CT molecular complexity index is 181. The third-order valence-electron chi connectivity index (χ3n) is 2.51. The molecule has 6 N–H and O–H groups in total. The maximum absolute atomic E-state index is 9.49. The Morgan fingerprint density at radius 2 is 1.56 bits per heavy atom. The van der Waals surface area contributed by atoms with Crippen LogP contribution in [0.1, 0.15) is 20.3 Å². The second-order valence-corrected chi connectivity index (χ2v) is 3.90. The monoisotopic (exact) mass is 237 g/mol. The highest BCUT2D eigenvalue weighted by Gasteiger charge is 2.29. The van der Waals surface area contributed by atoms with Gasteiger partial charge in [0.15, 0.2) is 0 Å². The van der Waals surface area contributed by atoms with E-state index in [0.29, 0.717) is 0 Å². The predicted octanol–water partition coefficient (Wildman–Crippen LogP) is -1.80. The highest BCUT2D eigenvalue weighted by atomic mass is 16.5. The zero-order valence-electron chi connectivity index (χ0n) is 9.78. The van der Waals surface area contributed by atoms with Gasteiger partial charge in [-0.25, -0.2) is 0 Å². The minimum atomic E-state index is -1.47. The van der Waals surface area contributed by atoms with Crippen LogP contribution in [0.2, 0.25) is 0 Å². The van der Waals surface area contributed by atoms with Crippen molar-refractivity contribution in [2.24, 2.45) is 5.73 Å². The van der Waals surface area contributed by atoms with Crippen molar-refractivity contribution in [1.29, 1.82) is 0 Å². The van der Waals surface area contributed by atoms with Crippen LogP contribution >= 0.6 is 0 Å². The number of hydrogen-bond acceptors (Lipinski definition) is 6. The first-order chi connectivity index (χ1) is 7.43. The Balaban J connectivity index is 4.02. The van der Waals surface area contributed by atoms with Crippen molar-refractivity contribution in [2.45, 2.75) is 50.8 Å². The lowest BCUT2D eigenvalue weighted by Gasteiger charge is -2.26. The van der Waals surface area contributed by atoms with Gasteiger partial charge in [0.1, 0.15) is 18.3 Å². The minimum absolute atomic E-state index is 0.0292. The molecule has 0 aliphatic heterocycles. The van der Waals surface area contributed by atoms with Gasteiger partial charge in [-0.3, -0.25) is 0 Å². The van der Waals surface area contributed by atoms with Gasteiger partial charge in [-0.2, -0.15) is 0 Å². The van der Waals surface area contributed by atoms with E-state index >= 15 is 0 Å². The van der Waals surface area contributed by atoms with E-state index in [-0.39, 0.29) is 19.3 Å². The summed E-state index contributed by atoms with van der Waals surface area (Å²) >= 11 is 0. The fourth-order valence-corrected chi connectivity index (χ4v) is 1.07. The predicted molar refractivity (Wildman–Crippen MR) is 58.8 cm³/mol. The van der Waals surface area contributed by atoms with Crippen LogP contribution in [-0.4, -0.2) is 64.1 Å². The van der Waals surface area contributed by atoms with Crippen LogP contribution < -0.4 is 5.73 Å². The van der Waals surface area contributed by atoms with E-state index in [1.54, 1.807) is 0 Å². The standard InChI is InChI=1S/C10H23NO5/c1-3-6(2)16-5-8(13)10(15)9(14)7(12)4-11/h6-10,12-15H,3-5,11H2,1-2H3. The fraction of sp³-hybridized carbons (Fsp3) is 1.00. The average molecular weight is 237 g/mol. The van der Waals surface area contributed by atoms with Gasteiger partial charge in [0.2, 0.25) is 0 Å². The number of aliphatic hydroxyl groups excluding tert-OH is 4. The normalized spacial score (nSPS) is 21.2. The molecule has 0 heterocycles. The van der Waals surface area contributed by atoms with Crippen LogP contribution in [0, 0.1) is 0 Å². The topological polar surface area (TPSA) is 116 Å². The number of ether oxygens (including phenoxy) is 1. The molecule has 0 radical (unpaired) electrons. The molecule has 0 fully saturated rings. The Labute approximate surface area is 95.7 Å². The number of hydrogen-bond donors (Lipinski definition) is 5. The van der Waals surface area contributed by atoms with E-state index in [1.165, 1.54) is 0 Å². The fourth-order valence-electron chi connectivity index (χ4n) is 1.07. The molecule has 0 aliphatic carbocycles. The van der Waals surface area contributed by atoms with Gasteiger partial charge in [0.25, 0.3) is 0 Å². The van der Waals surface area contributed by atoms with E-state index in [1.807, 2.05) is 13.8 Å². The molecule has 5 atom stereocenters. The molecule has 98 valence electrons. The van der Waals surface area contributed by atoms with Crippen molar-refractivity contribution in [2.75, 3.05) is 13.2 Å². The molecule has 6 heteroatoms. The molecule has 0 spiro atoms. The van der Waals surface area contributed by atoms with Gasteiger partial charge in [0.05, 0.1) is 18.8 Å². The molecule has 0 aromatic rings. The molecule has 0 bridgehead atoms. The third kappa shape index (κ3) is 5.20. The van der Waals surface area contributed by atoms with Crippen molar-refractivity contribution in [3.8, 4) is 0 Å². The van der Waals surface area contributed by atoms with Crippen molar-refractivity contribution in [3.63, 3.8) is 0 Å². The first-order valence-corrected chi connectivity index (χ1v) is 5.47. The highest BCUT2D eigenvalue weighted by molar-refractivity contribution is 4.81. The van der Waals surface area contributed by atoms with Gasteiger partial charge in [-0.05, 0) is 13.3 Å². The third-order valence-corrected chi connectivity index (χ3v) is 2.51. The van der Waals surface area contributed by atoms with Crippen molar-refractivity contribution < 1.29 is 25.2 Å². The van der Waals surface area contributed by atoms with Crippen LogP contribution in [0.4, 0.5) is 0 Å². The van der Waals surface area contributed by atoms with Gasteiger partial charge >= 0.3 is 0 Å². The Hall–Kier alpha value is -0.240. The van der Waals surface area contributed by atoms with Gasteiger partial charge in [-0.15, -0.1) is 0 Å². The van der Waals surface area contributed by atoms with Crippen molar-refractivity contribution in [3.05, 3.63) is 0 Å². The molecular weight excluding hydrogens is 214 g/mol. The highest BCUT2D eigenvalue weighted by Crippen LogP contribution is 2.06. The van der Waals surface area contributed by atoms with Crippen LogP contribution in [0.15, 0.2) is 0 Å². The molecule has 0 rings (SSSR count). The van der Waals surface area contributed by atoms with Crippen LogP contribution in [0.5, 0.6) is 0 Å². The summed E-state index contributed by atoms with van der Waals surface area (Å²) in [6.07, 6.45) is -4.68. The van der Waals surface area contributed by atoms with E-state index in [9.17, 15) is 20.4 Å². The molecule has 16 heavy (non-hydrogen) atoms. The summed E-state index contributed by atoms with van der Waals surface area (Å²) in [5.74, 6) is 0.